The predicted molar refractivity (Wildman–Crippen MR) is 52.5 cm³/mol. The van der Waals surface area contributed by atoms with Crippen molar-refractivity contribution >= 4 is 0 Å². The van der Waals surface area contributed by atoms with Crippen LogP contribution in [0.4, 0.5) is 26.3 Å². The van der Waals surface area contributed by atoms with Crippen LogP contribution < -0.4 is 5.32 Å². The van der Waals surface area contributed by atoms with Crippen LogP contribution >= 0.6 is 0 Å². The molecule has 0 rings (SSSR count). The number of nitrogens with one attached hydrogen (secondary N) is 1. The Morgan fingerprint density at radius 3 is 1.59 bits per heavy atom. The van der Waals surface area contributed by atoms with Crippen molar-refractivity contribution in [2.45, 2.75) is 45.6 Å². The molecule has 0 radical (unpaired) electrons. The molecule has 1 atom stereocenters. The Hall–Kier alpha value is -0.460. The molecule has 0 spiro atoms. The summed E-state index contributed by atoms with van der Waals surface area (Å²) in [5, 5.41) is 2.34. The Kier molecular flexibility index (Phi) is 5.77. The molecule has 1 N–H and O–H groups in total. The lowest BCUT2D eigenvalue weighted by Crippen LogP contribution is -2.53. The molecule has 1 unspecified atom stereocenters. The van der Waals surface area contributed by atoms with Crippen LogP contribution in [-0.4, -0.2) is 24.9 Å². The first-order chi connectivity index (χ1) is 7.51. The Balaban J connectivity index is 5.10. The third-order valence-corrected chi connectivity index (χ3v) is 2.41. The third-order valence-electron chi connectivity index (χ3n) is 2.41. The lowest BCUT2D eigenvalue weighted by Gasteiger charge is -2.33. The zero-order valence-electron chi connectivity index (χ0n) is 9.91. The van der Waals surface area contributed by atoms with Crippen molar-refractivity contribution in [2.75, 3.05) is 6.54 Å². The molecule has 0 aliphatic rings. The molecule has 0 fully saturated rings. The lowest BCUT2D eigenvalue weighted by molar-refractivity contribution is -0.294. The van der Waals surface area contributed by atoms with Gasteiger partial charge in [-0.2, -0.15) is 26.3 Å². The first-order valence-corrected chi connectivity index (χ1v) is 5.38. The Morgan fingerprint density at radius 2 is 1.35 bits per heavy atom. The van der Waals surface area contributed by atoms with E-state index in [2.05, 4.69) is 5.32 Å². The molecular formula is C10H17F6N. The van der Waals surface area contributed by atoms with E-state index in [0.29, 0.717) is 6.42 Å². The van der Waals surface area contributed by atoms with E-state index in [-0.39, 0.29) is 6.54 Å². The fraction of sp³-hybridized carbons (Fsp3) is 1.00. The van der Waals surface area contributed by atoms with Crippen molar-refractivity contribution in [2.24, 2.45) is 11.8 Å². The molecule has 7 heteroatoms. The standard InChI is InChI=1S/C10H17F6N/c1-4-5-17-7(6(2)3)8(9(11,12)13)10(14,15)16/h6-8,17H,4-5H2,1-3H3. The summed E-state index contributed by atoms with van der Waals surface area (Å²) in [6.07, 6.45) is -10.1. The van der Waals surface area contributed by atoms with Gasteiger partial charge in [0.05, 0.1) is 0 Å². The van der Waals surface area contributed by atoms with Gasteiger partial charge in [-0.1, -0.05) is 20.8 Å². The van der Waals surface area contributed by atoms with Gasteiger partial charge >= 0.3 is 12.4 Å². The van der Waals surface area contributed by atoms with Gasteiger partial charge in [-0.15, -0.1) is 0 Å². The first kappa shape index (κ1) is 16.5. The van der Waals surface area contributed by atoms with E-state index in [4.69, 9.17) is 0 Å². The molecule has 0 saturated carbocycles. The minimum atomic E-state index is -5.28. The SMILES string of the molecule is CCCNC(C(C)C)C(C(F)(F)F)C(F)(F)F. The zero-order valence-corrected chi connectivity index (χ0v) is 9.91. The molecule has 0 aliphatic carbocycles. The van der Waals surface area contributed by atoms with Crippen LogP contribution in [-0.2, 0) is 0 Å². The second-order valence-electron chi connectivity index (χ2n) is 4.28. The van der Waals surface area contributed by atoms with Gasteiger partial charge in [0.15, 0.2) is 5.92 Å². The van der Waals surface area contributed by atoms with Crippen LogP contribution in [0.15, 0.2) is 0 Å². The van der Waals surface area contributed by atoms with E-state index in [9.17, 15) is 26.3 Å². The van der Waals surface area contributed by atoms with Gasteiger partial charge in [-0.3, -0.25) is 0 Å². The molecule has 0 aliphatic heterocycles. The van der Waals surface area contributed by atoms with Gasteiger partial charge in [-0.25, -0.2) is 0 Å². The number of halogens is 6. The Labute approximate surface area is 96.6 Å². The van der Waals surface area contributed by atoms with E-state index >= 15 is 0 Å². The van der Waals surface area contributed by atoms with Gasteiger partial charge in [0, 0.05) is 6.04 Å². The number of hydrogen-bond donors (Lipinski definition) is 1. The zero-order chi connectivity index (χ0) is 13.9. The second kappa shape index (κ2) is 5.93. The van der Waals surface area contributed by atoms with Crippen molar-refractivity contribution in [1.82, 2.24) is 5.32 Å². The monoisotopic (exact) mass is 265 g/mol. The number of rotatable bonds is 5. The number of alkyl halides is 6. The molecule has 0 aromatic heterocycles. The number of hydrogen-bond acceptors (Lipinski definition) is 1. The van der Waals surface area contributed by atoms with Crippen molar-refractivity contribution in [1.29, 1.82) is 0 Å². The molecular weight excluding hydrogens is 248 g/mol. The van der Waals surface area contributed by atoms with Crippen LogP contribution in [0.5, 0.6) is 0 Å². The summed E-state index contributed by atoms with van der Waals surface area (Å²) >= 11 is 0. The minimum Gasteiger partial charge on any atom is -0.313 e. The van der Waals surface area contributed by atoms with E-state index in [1.807, 2.05) is 0 Å². The molecule has 0 aromatic rings. The first-order valence-electron chi connectivity index (χ1n) is 5.38. The van der Waals surface area contributed by atoms with Crippen LogP contribution in [0.3, 0.4) is 0 Å². The van der Waals surface area contributed by atoms with Gasteiger partial charge in [0.25, 0.3) is 0 Å². The van der Waals surface area contributed by atoms with E-state index < -0.39 is 30.2 Å². The Morgan fingerprint density at radius 1 is 0.941 bits per heavy atom. The molecule has 0 heterocycles. The summed E-state index contributed by atoms with van der Waals surface area (Å²) in [5.74, 6) is -4.07. The summed E-state index contributed by atoms with van der Waals surface area (Å²) in [5.41, 5.74) is 0. The third kappa shape index (κ3) is 5.14. The van der Waals surface area contributed by atoms with Gasteiger partial charge in [0.2, 0.25) is 0 Å². The van der Waals surface area contributed by atoms with Crippen LogP contribution in [0.25, 0.3) is 0 Å². The van der Waals surface area contributed by atoms with Crippen molar-refractivity contribution in [3.05, 3.63) is 0 Å². The van der Waals surface area contributed by atoms with E-state index in [1.165, 1.54) is 13.8 Å². The molecule has 17 heavy (non-hydrogen) atoms. The lowest BCUT2D eigenvalue weighted by atomic mass is 9.89. The fourth-order valence-electron chi connectivity index (χ4n) is 1.64. The van der Waals surface area contributed by atoms with E-state index in [0.717, 1.165) is 0 Å². The summed E-state index contributed by atoms with van der Waals surface area (Å²) in [6, 6.07) is -1.64. The summed E-state index contributed by atoms with van der Waals surface area (Å²) in [4.78, 5) is 0. The average molecular weight is 265 g/mol. The maximum Gasteiger partial charge on any atom is 0.402 e. The van der Waals surface area contributed by atoms with Crippen LogP contribution in [0, 0.1) is 11.8 Å². The molecule has 1 nitrogen and oxygen atoms in total. The quantitative estimate of drug-likeness (QED) is 0.746. The Bertz CT molecular complexity index is 206. The second-order valence-corrected chi connectivity index (χ2v) is 4.28. The normalized spacial score (nSPS) is 15.7. The topological polar surface area (TPSA) is 12.0 Å². The largest absolute Gasteiger partial charge is 0.402 e. The molecule has 0 saturated heterocycles. The maximum absolute atomic E-state index is 12.5. The van der Waals surface area contributed by atoms with Crippen LogP contribution in [0.2, 0.25) is 0 Å². The van der Waals surface area contributed by atoms with Gasteiger partial charge < -0.3 is 5.32 Å². The van der Waals surface area contributed by atoms with Crippen LogP contribution in [0.1, 0.15) is 27.2 Å². The summed E-state index contributed by atoms with van der Waals surface area (Å²) < 4.78 is 75.0. The molecule has 104 valence electrons. The van der Waals surface area contributed by atoms with E-state index in [1.54, 1.807) is 6.92 Å². The fourth-order valence-corrected chi connectivity index (χ4v) is 1.64. The minimum absolute atomic E-state index is 0.130. The molecule has 0 aromatic carbocycles. The van der Waals surface area contributed by atoms with Crippen molar-refractivity contribution in [3.63, 3.8) is 0 Å². The molecule has 0 bridgehead atoms. The van der Waals surface area contributed by atoms with Crippen molar-refractivity contribution < 1.29 is 26.3 Å². The van der Waals surface area contributed by atoms with Crippen molar-refractivity contribution in [3.8, 4) is 0 Å². The van der Waals surface area contributed by atoms with Gasteiger partial charge in [-0.05, 0) is 18.9 Å². The predicted octanol–water partition coefficient (Wildman–Crippen LogP) is 3.75. The summed E-state index contributed by atoms with van der Waals surface area (Å²) in [7, 11) is 0. The maximum atomic E-state index is 12.5. The smallest absolute Gasteiger partial charge is 0.313 e. The highest BCUT2D eigenvalue weighted by Crippen LogP contribution is 2.42. The van der Waals surface area contributed by atoms with Gasteiger partial charge in [0.1, 0.15) is 0 Å². The highest BCUT2D eigenvalue weighted by Gasteiger charge is 2.60. The highest BCUT2D eigenvalue weighted by molar-refractivity contribution is 4.88. The molecule has 0 amide bonds. The average Bonchev–Trinajstić information content (AvgIpc) is 2.06. The highest BCUT2D eigenvalue weighted by atomic mass is 19.4. The summed E-state index contributed by atoms with van der Waals surface area (Å²) in [6.45, 7) is 4.50.